The summed E-state index contributed by atoms with van der Waals surface area (Å²) in [5, 5.41) is 3.44. The van der Waals surface area contributed by atoms with E-state index in [1.54, 1.807) is 0 Å². The number of carbonyl (C=O) groups excluding carboxylic acids is 1. The van der Waals surface area contributed by atoms with Gasteiger partial charge in [0.05, 0.1) is 12.6 Å². The van der Waals surface area contributed by atoms with E-state index < -0.39 is 0 Å². The maximum Gasteiger partial charge on any atom is 0.236 e. The normalized spacial score (nSPS) is 21.4. The van der Waals surface area contributed by atoms with E-state index in [0.717, 1.165) is 58.2 Å². The van der Waals surface area contributed by atoms with Crippen LogP contribution in [0.3, 0.4) is 0 Å². The van der Waals surface area contributed by atoms with Crippen LogP contribution in [0, 0.1) is 6.92 Å². The van der Waals surface area contributed by atoms with Crippen LogP contribution < -0.4 is 5.32 Å². The van der Waals surface area contributed by atoms with Gasteiger partial charge < -0.3 is 14.8 Å². The number of aromatic nitrogens is 2. The first-order valence-corrected chi connectivity index (χ1v) is 10.6. The molecule has 2 aliphatic heterocycles. The van der Waals surface area contributed by atoms with Crippen molar-refractivity contribution in [1.29, 1.82) is 0 Å². The van der Waals surface area contributed by atoms with Gasteiger partial charge in [-0.3, -0.25) is 14.6 Å². The van der Waals surface area contributed by atoms with E-state index in [0.29, 0.717) is 6.54 Å². The molecule has 2 aliphatic rings. The summed E-state index contributed by atoms with van der Waals surface area (Å²) in [6.07, 6.45) is 3.80. The zero-order valence-corrected chi connectivity index (χ0v) is 17.5. The minimum atomic E-state index is 0.148. The molecule has 0 saturated carbocycles. The van der Waals surface area contributed by atoms with Gasteiger partial charge in [0, 0.05) is 71.8 Å². The maximum absolute atomic E-state index is 13.0. The van der Waals surface area contributed by atoms with Crippen molar-refractivity contribution >= 4 is 5.91 Å². The third-order valence-corrected chi connectivity index (χ3v) is 6.23. The molecule has 29 heavy (non-hydrogen) atoms. The highest BCUT2D eigenvalue weighted by molar-refractivity contribution is 5.78. The van der Waals surface area contributed by atoms with Crippen molar-refractivity contribution in [2.75, 3.05) is 52.4 Å². The number of amides is 1. The number of hydrogen-bond donors (Lipinski definition) is 1. The molecule has 1 aromatic carbocycles. The monoisotopic (exact) mass is 396 g/mol. The first-order chi connectivity index (χ1) is 14.1. The Morgan fingerprint density at radius 3 is 2.69 bits per heavy atom. The summed E-state index contributed by atoms with van der Waals surface area (Å²) < 4.78 is 2.06. The van der Waals surface area contributed by atoms with Crippen LogP contribution in [-0.4, -0.2) is 82.5 Å². The number of carbonyl (C=O) groups is 1. The maximum atomic E-state index is 13.0. The molecular weight excluding hydrogens is 364 g/mol. The number of imidazole rings is 1. The van der Waals surface area contributed by atoms with Crippen LogP contribution in [0.25, 0.3) is 0 Å². The van der Waals surface area contributed by atoms with E-state index >= 15 is 0 Å². The first-order valence-electron chi connectivity index (χ1n) is 10.6. The number of nitrogens with one attached hydrogen (secondary N) is 1. The minimum Gasteiger partial charge on any atom is -0.339 e. The van der Waals surface area contributed by atoms with E-state index in [-0.39, 0.29) is 11.9 Å². The molecule has 0 aliphatic carbocycles. The van der Waals surface area contributed by atoms with Gasteiger partial charge in [0.2, 0.25) is 5.91 Å². The van der Waals surface area contributed by atoms with Crippen LogP contribution in [0.4, 0.5) is 0 Å². The summed E-state index contributed by atoms with van der Waals surface area (Å²) in [4.78, 5) is 24.3. The number of rotatable bonds is 5. The molecular formula is C22H32N6O. The third kappa shape index (κ3) is 4.69. The molecule has 156 valence electrons. The first kappa shape index (κ1) is 20.1. The second-order valence-corrected chi connectivity index (χ2v) is 8.17. The lowest BCUT2D eigenvalue weighted by atomic mass is 10.1. The van der Waals surface area contributed by atoms with Crippen molar-refractivity contribution in [1.82, 2.24) is 29.6 Å². The van der Waals surface area contributed by atoms with Crippen molar-refractivity contribution in [2.24, 2.45) is 7.05 Å². The molecule has 1 aromatic heterocycles. The molecule has 1 unspecified atom stereocenters. The highest BCUT2D eigenvalue weighted by Crippen LogP contribution is 2.20. The van der Waals surface area contributed by atoms with E-state index in [9.17, 15) is 4.79 Å². The Kier molecular flexibility index (Phi) is 6.28. The average molecular weight is 397 g/mol. The van der Waals surface area contributed by atoms with Crippen LogP contribution in [0.2, 0.25) is 0 Å². The van der Waals surface area contributed by atoms with Crippen LogP contribution in [0.15, 0.2) is 36.7 Å². The number of piperazine rings is 2. The Morgan fingerprint density at radius 2 is 1.97 bits per heavy atom. The van der Waals surface area contributed by atoms with Crippen molar-refractivity contribution in [3.63, 3.8) is 0 Å². The molecule has 7 heteroatoms. The molecule has 4 rings (SSSR count). The van der Waals surface area contributed by atoms with E-state index in [1.807, 2.05) is 24.3 Å². The summed E-state index contributed by atoms with van der Waals surface area (Å²) in [7, 11) is 2.02. The fourth-order valence-electron chi connectivity index (χ4n) is 4.35. The van der Waals surface area contributed by atoms with E-state index in [2.05, 4.69) is 55.9 Å². The van der Waals surface area contributed by atoms with Crippen molar-refractivity contribution in [2.45, 2.75) is 19.5 Å². The van der Waals surface area contributed by atoms with Crippen molar-refractivity contribution in [3.8, 4) is 0 Å². The Hall–Kier alpha value is -2.22. The van der Waals surface area contributed by atoms with Gasteiger partial charge in [0.25, 0.3) is 0 Å². The molecule has 0 radical (unpaired) electrons. The number of aryl methyl sites for hydroxylation is 2. The predicted molar refractivity (Wildman–Crippen MR) is 113 cm³/mol. The lowest BCUT2D eigenvalue weighted by molar-refractivity contribution is -0.135. The van der Waals surface area contributed by atoms with Crippen LogP contribution in [0.5, 0.6) is 0 Å². The van der Waals surface area contributed by atoms with E-state index in [1.165, 1.54) is 11.1 Å². The lowest BCUT2D eigenvalue weighted by Crippen LogP contribution is -2.54. The topological polar surface area (TPSA) is 56.6 Å². The number of hydrogen-bond acceptors (Lipinski definition) is 5. The van der Waals surface area contributed by atoms with Gasteiger partial charge in [-0.1, -0.05) is 24.3 Å². The fraction of sp³-hybridized carbons (Fsp3) is 0.545. The Labute approximate surface area is 173 Å². The Bertz CT molecular complexity index is 826. The molecule has 3 heterocycles. The highest BCUT2D eigenvalue weighted by atomic mass is 16.2. The molecule has 7 nitrogen and oxygen atoms in total. The summed E-state index contributed by atoms with van der Waals surface area (Å²) in [6.45, 7) is 9.71. The fourth-order valence-corrected chi connectivity index (χ4v) is 4.35. The van der Waals surface area contributed by atoms with Crippen LogP contribution in [0.1, 0.15) is 23.0 Å². The zero-order chi connectivity index (χ0) is 20.2. The standard InChI is InChI=1S/C22H32N6O/c1-18-5-3-4-6-19(18)16-26-11-13-27(14-12-26)21(29)17-28-10-7-23-15-20(28)22-24-8-9-25(22)2/h3-6,8-9,20,23H,7,10-17H2,1-2H3. The van der Waals surface area contributed by atoms with Crippen molar-refractivity contribution in [3.05, 3.63) is 53.6 Å². The zero-order valence-electron chi connectivity index (χ0n) is 17.5. The summed E-state index contributed by atoms with van der Waals surface area (Å²) in [6, 6.07) is 8.71. The lowest BCUT2D eigenvalue weighted by Gasteiger charge is -2.39. The van der Waals surface area contributed by atoms with Gasteiger partial charge >= 0.3 is 0 Å². The van der Waals surface area contributed by atoms with Gasteiger partial charge in [0.15, 0.2) is 0 Å². The van der Waals surface area contributed by atoms with Crippen molar-refractivity contribution < 1.29 is 4.79 Å². The SMILES string of the molecule is Cc1ccccc1CN1CCN(C(=O)CN2CCNCC2c2nccn2C)CC1. The molecule has 2 saturated heterocycles. The van der Waals surface area contributed by atoms with Gasteiger partial charge in [-0.2, -0.15) is 0 Å². The Balaban J connectivity index is 1.31. The molecule has 2 aromatic rings. The largest absolute Gasteiger partial charge is 0.339 e. The number of nitrogens with zero attached hydrogens (tertiary/aromatic N) is 5. The highest BCUT2D eigenvalue weighted by Gasteiger charge is 2.30. The summed E-state index contributed by atoms with van der Waals surface area (Å²) >= 11 is 0. The molecule has 0 bridgehead atoms. The van der Waals surface area contributed by atoms with E-state index in [4.69, 9.17) is 0 Å². The van der Waals surface area contributed by atoms with Gasteiger partial charge in [-0.05, 0) is 18.1 Å². The summed E-state index contributed by atoms with van der Waals surface area (Å²) in [5.74, 6) is 1.26. The molecule has 1 N–H and O–H groups in total. The second kappa shape index (κ2) is 9.07. The predicted octanol–water partition coefficient (Wildman–Crippen LogP) is 1.02. The average Bonchev–Trinajstić information content (AvgIpc) is 3.16. The smallest absolute Gasteiger partial charge is 0.236 e. The number of benzene rings is 1. The van der Waals surface area contributed by atoms with Gasteiger partial charge in [-0.25, -0.2) is 4.98 Å². The molecule has 1 atom stereocenters. The molecule has 1 amide bonds. The van der Waals surface area contributed by atoms with Gasteiger partial charge in [0.1, 0.15) is 5.82 Å². The minimum absolute atomic E-state index is 0.148. The summed E-state index contributed by atoms with van der Waals surface area (Å²) in [5.41, 5.74) is 2.72. The molecule has 2 fully saturated rings. The Morgan fingerprint density at radius 1 is 1.17 bits per heavy atom. The second-order valence-electron chi connectivity index (χ2n) is 8.17. The van der Waals surface area contributed by atoms with Gasteiger partial charge in [-0.15, -0.1) is 0 Å². The molecule has 0 spiro atoms. The van der Waals surface area contributed by atoms with Crippen LogP contribution >= 0.6 is 0 Å². The van der Waals surface area contributed by atoms with Crippen LogP contribution in [-0.2, 0) is 18.4 Å². The third-order valence-electron chi connectivity index (χ3n) is 6.23. The quantitative estimate of drug-likeness (QED) is 0.818.